The normalized spacial score (nSPS) is 30.1. The average molecular weight is 332 g/mol. The number of hydrogen-bond donors (Lipinski definition) is 4. The van der Waals surface area contributed by atoms with Crippen molar-refractivity contribution in [1.82, 2.24) is 0 Å². The molecule has 0 spiro atoms. The van der Waals surface area contributed by atoms with Gasteiger partial charge in [0.2, 0.25) is 0 Å². The molecule has 1 fully saturated rings. The molecule has 4 N–H and O–H groups in total. The molecule has 1 aliphatic heterocycles. The number of aliphatic hydroxyl groups is 4. The zero-order chi connectivity index (χ0) is 17.1. The minimum atomic E-state index is -1.40. The van der Waals surface area contributed by atoms with E-state index in [9.17, 15) is 20.4 Å². The van der Waals surface area contributed by atoms with Gasteiger partial charge >= 0.3 is 0 Å². The second-order valence-electron chi connectivity index (χ2n) is 5.74. The van der Waals surface area contributed by atoms with Gasteiger partial charge in [-0.15, -0.1) is 0 Å². The van der Waals surface area contributed by atoms with Crippen LogP contribution < -0.4 is 4.74 Å². The molecule has 6 heteroatoms. The van der Waals surface area contributed by atoms with Crippen molar-refractivity contribution in [3.8, 4) is 11.5 Å². The molecule has 5 atom stereocenters. The lowest BCUT2D eigenvalue weighted by atomic mass is 9.91. The van der Waals surface area contributed by atoms with E-state index >= 15 is 0 Å². The summed E-state index contributed by atoms with van der Waals surface area (Å²) < 4.78 is 11.3. The van der Waals surface area contributed by atoms with E-state index in [1.807, 2.05) is 30.3 Å². The first kappa shape index (κ1) is 16.9. The lowest BCUT2D eigenvalue weighted by Crippen LogP contribution is -2.55. The number of benzene rings is 2. The van der Waals surface area contributed by atoms with Gasteiger partial charge in [-0.05, 0) is 29.8 Å². The first-order valence-electron chi connectivity index (χ1n) is 7.73. The highest BCUT2D eigenvalue weighted by Crippen LogP contribution is 2.34. The van der Waals surface area contributed by atoms with Crippen molar-refractivity contribution < 1.29 is 29.9 Å². The summed E-state index contributed by atoms with van der Waals surface area (Å²) in [6, 6.07) is 16.2. The maximum absolute atomic E-state index is 10.2. The van der Waals surface area contributed by atoms with Crippen LogP contribution >= 0.6 is 0 Å². The van der Waals surface area contributed by atoms with Crippen molar-refractivity contribution in [2.45, 2.75) is 30.5 Å². The first-order chi connectivity index (χ1) is 11.6. The fourth-order valence-corrected chi connectivity index (χ4v) is 2.76. The monoisotopic (exact) mass is 332 g/mol. The van der Waals surface area contributed by atoms with Crippen LogP contribution in [0.15, 0.2) is 54.6 Å². The molecule has 0 aromatic heterocycles. The quantitative estimate of drug-likeness (QED) is 0.666. The van der Waals surface area contributed by atoms with Crippen molar-refractivity contribution in [2.75, 3.05) is 6.61 Å². The molecule has 0 amide bonds. The Kier molecular flexibility index (Phi) is 5.13. The summed E-state index contributed by atoms with van der Waals surface area (Å²) in [5.74, 6) is 1.22. The van der Waals surface area contributed by atoms with Crippen LogP contribution in [-0.4, -0.2) is 51.4 Å². The third kappa shape index (κ3) is 3.43. The summed E-state index contributed by atoms with van der Waals surface area (Å²) in [4.78, 5) is 0. The van der Waals surface area contributed by atoms with Crippen LogP contribution in [0, 0.1) is 0 Å². The molecule has 5 unspecified atom stereocenters. The molecule has 0 bridgehead atoms. The molecular weight excluding hydrogens is 312 g/mol. The minimum absolute atomic E-state index is 0.457. The van der Waals surface area contributed by atoms with Crippen molar-refractivity contribution in [3.05, 3.63) is 60.2 Å². The second-order valence-corrected chi connectivity index (χ2v) is 5.74. The third-order valence-corrected chi connectivity index (χ3v) is 4.06. The molecule has 2 aromatic rings. The molecule has 1 aliphatic rings. The van der Waals surface area contributed by atoms with Gasteiger partial charge < -0.3 is 29.9 Å². The maximum atomic E-state index is 10.2. The van der Waals surface area contributed by atoms with Crippen LogP contribution in [0.4, 0.5) is 0 Å². The van der Waals surface area contributed by atoms with Gasteiger partial charge in [0, 0.05) is 0 Å². The molecule has 0 aliphatic carbocycles. The van der Waals surface area contributed by atoms with Crippen LogP contribution in [0.5, 0.6) is 11.5 Å². The maximum Gasteiger partial charge on any atom is 0.127 e. The van der Waals surface area contributed by atoms with Crippen molar-refractivity contribution in [1.29, 1.82) is 0 Å². The van der Waals surface area contributed by atoms with Crippen LogP contribution in [0.3, 0.4) is 0 Å². The highest BCUT2D eigenvalue weighted by atomic mass is 16.5. The van der Waals surface area contributed by atoms with Gasteiger partial charge in [-0.2, -0.15) is 0 Å². The highest BCUT2D eigenvalue weighted by molar-refractivity contribution is 5.35. The summed E-state index contributed by atoms with van der Waals surface area (Å²) >= 11 is 0. The zero-order valence-corrected chi connectivity index (χ0v) is 12.9. The largest absolute Gasteiger partial charge is 0.457 e. The predicted molar refractivity (Wildman–Crippen MR) is 85.7 cm³/mol. The predicted octanol–water partition coefficient (Wildman–Crippen LogP) is 0.994. The summed E-state index contributed by atoms with van der Waals surface area (Å²) in [5.41, 5.74) is 0.584. The Morgan fingerprint density at radius 1 is 0.833 bits per heavy atom. The topological polar surface area (TPSA) is 99.4 Å². The number of rotatable bonds is 4. The van der Waals surface area contributed by atoms with Gasteiger partial charge in [0.15, 0.2) is 0 Å². The minimum Gasteiger partial charge on any atom is -0.457 e. The Morgan fingerprint density at radius 3 is 2.25 bits per heavy atom. The van der Waals surface area contributed by atoms with E-state index in [-0.39, 0.29) is 0 Å². The fraction of sp³-hybridized carbons (Fsp3) is 0.333. The Bertz CT molecular complexity index is 660. The lowest BCUT2D eigenvalue weighted by molar-refractivity contribution is -0.231. The van der Waals surface area contributed by atoms with Gasteiger partial charge in [-0.1, -0.05) is 30.3 Å². The van der Waals surface area contributed by atoms with Gasteiger partial charge in [0.05, 0.1) is 6.61 Å². The zero-order valence-electron chi connectivity index (χ0n) is 12.9. The molecule has 1 heterocycles. The molecule has 0 radical (unpaired) electrons. The molecule has 6 nitrogen and oxygen atoms in total. The van der Waals surface area contributed by atoms with Crippen molar-refractivity contribution >= 4 is 0 Å². The van der Waals surface area contributed by atoms with E-state index in [0.29, 0.717) is 17.1 Å². The SMILES string of the molecule is OCC1OC(c2cccc(Oc3ccccc3)c2)C(O)C(O)C1O. The van der Waals surface area contributed by atoms with Gasteiger partial charge in [0.25, 0.3) is 0 Å². The molecule has 0 saturated carbocycles. The highest BCUT2D eigenvalue weighted by Gasteiger charge is 2.43. The average Bonchev–Trinajstić information content (AvgIpc) is 2.61. The summed E-state index contributed by atoms with van der Waals surface area (Å²) in [6.45, 7) is -0.457. The van der Waals surface area contributed by atoms with E-state index in [2.05, 4.69) is 0 Å². The molecule has 1 saturated heterocycles. The number of hydrogen-bond acceptors (Lipinski definition) is 6. The van der Waals surface area contributed by atoms with E-state index in [0.717, 1.165) is 0 Å². The van der Waals surface area contributed by atoms with E-state index < -0.39 is 37.1 Å². The Labute approximate surface area is 139 Å². The van der Waals surface area contributed by atoms with Crippen LogP contribution in [0.1, 0.15) is 11.7 Å². The number of para-hydroxylation sites is 1. The summed E-state index contributed by atoms with van der Waals surface area (Å²) in [5, 5.41) is 39.2. The number of ether oxygens (including phenoxy) is 2. The van der Waals surface area contributed by atoms with Crippen LogP contribution in [0.2, 0.25) is 0 Å². The Morgan fingerprint density at radius 2 is 1.54 bits per heavy atom. The molecule has 24 heavy (non-hydrogen) atoms. The Balaban J connectivity index is 1.82. The number of aliphatic hydroxyl groups excluding tert-OH is 4. The van der Waals surface area contributed by atoms with Crippen molar-refractivity contribution in [2.24, 2.45) is 0 Å². The van der Waals surface area contributed by atoms with Crippen LogP contribution in [-0.2, 0) is 4.74 Å². The molecular formula is C18H20O6. The van der Waals surface area contributed by atoms with E-state index in [4.69, 9.17) is 9.47 Å². The molecule has 128 valence electrons. The van der Waals surface area contributed by atoms with E-state index in [1.165, 1.54) is 0 Å². The lowest BCUT2D eigenvalue weighted by Gasteiger charge is -2.40. The Hall–Kier alpha value is -1.96. The van der Waals surface area contributed by atoms with E-state index in [1.54, 1.807) is 24.3 Å². The van der Waals surface area contributed by atoms with Gasteiger partial charge in [-0.25, -0.2) is 0 Å². The van der Waals surface area contributed by atoms with Gasteiger partial charge in [0.1, 0.15) is 42.0 Å². The fourth-order valence-electron chi connectivity index (χ4n) is 2.76. The first-order valence-corrected chi connectivity index (χ1v) is 7.73. The van der Waals surface area contributed by atoms with Gasteiger partial charge in [-0.3, -0.25) is 0 Å². The molecule has 3 rings (SSSR count). The van der Waals surface area contributed by atoms with Crippen molar-refractivity contribution in [3.63, 3.8) is 0 Å². The van der Waals surface area contributed by atoms with Crippen LogP contribution in [0.25, 0.3) is 0 Å². The smallest absolute Gasteiger partial charge is 0.127 e. The molecule has 2 aromatic carbocycles. The summed E-state index contributed by atoms with van der Waals surface area (Å²) in [6.07, 6.45) is -5.90. The summed E-state index contributed by atoms with van der Waals surface area (Å²) in [7, 11) is 0. The third-order valence-electron chi connectivity index (χ3n) is 4.06. The second kappa shape index (κ2) is 7.29. The standard InChI is InChI=1S/C18H20O6/c19-10-14-15(20)16(21)17(22)18(24-14)11-5-4-8-13(9-11)23-12-6-2-1-3-7-12/h1-9,14-22H,10H2.